The van der Waals surface area contributed by atoms with Gasteiger partial charge in [-0.1, -0.05) is 23.8 Å². The Hall–Kier alpha value is -1.48. The second-order valence-corrected chi connectivity index (χ2v) is 3.46. The molecule has 0 fully saturated rings. The number of aromatic hydroxyl groups is 2. The van der Waals surface area contributed by atoms with Crippen molar-refractivity contribution in [1.82, 2.24) is 0 Å². The molecule has 0 heterocycles. The van der Waals surface area contributed by atoms with E-state index >= 15 is 0 Å². The maximum atomic E-state index is 10.7. The highest BCUT2D eigenvalue weighted by molar-refractivity contribution is 6.33. The third kappa shape index (κ3) is 1.83. The summed E-state index contributed by atoms with van der Waals surface area (Å²) in [4.78, 5) is 10.7. The second-order valence-electron chi connectivity index (χ2n) is 3.08. The fourth-order valence-corrected chi connectivity index (χ4v) is 1.52. The van der Waals surface area contributed by atoms with Gasteiger partial charge in [-0.3, -0.25) is 4.79 Å². The molecule has 0 bridgehead atoms. The molecule has 0 saturated heterocycles. The molecule has 1 rings (SSSR count). The van der Waals surface area contributed by atoms with Crippen LogP contribution < -0.4 is 0 Å². The third-order valence-corrected chi connectivity index (χ3v) is 2.62. The molecule has 0 aliphatic rings. The Morgan fingerprint density at radius 1 is 1.20 bits per heavy atom. The van der Waals surface area contributed by atoms with Gasteiger partial charge in [0.2, 0.25) is 0 Å². The van der Waals surface area contributed by atoms with Crippen molar-refractivity contribution in [3.8, 4) is 11.5 Å². The minimum Gasteiger partial charge on any atom is -0.506 e. The summed E-state index contributed by atoms with van der Waals surface area (Å²) in [7, 11) is 0. The number of carbonyl (C=O) groups is 1. The first-order valence-electron chi connectivity index (χ1n) is 4.36. The summed E-state index contributed by atoms with van der Waals surface area (Å²) in [5.41, 5.74) is 0.635. The van der Waals surface area contributed by atoms with Gasteiger partial charge in [0.25, 0.3) is 0 Å². The molecular weight excluding hydrogens is 216 g/mol. The fourth-order valence-electron chi connectivity index (χ4n) is 1.32. The van der Waals surface area contributed by atoms with E-state index in [1.165, 1.54) is 6.08 Å². The molecule has 0 atom stereocenters. The summed E-state index contributed by atoms with van der Waals surface area (Å²) in [6.45, 7) is 3.29. The van der Waals surface area contributed by atoms with E-state index in [2.05, 4.69) is 0 Å². The van der Waals surface area contributed by atoms with Crippen LogP contribution in [0.1, 0.15) is 28.4 Å². The molecule has 0 radical (unpaired) electrons. The molecule has 0 aliphatic heterocycles. The van der Waals surface area contributed by atoms with Crippen LogP contribution in [0, 0.1) is 6.92 Å². The molecular formula is C11H11ClO3. The number of rotatable bonds is 2. The maximum Gasteiger partial charge on any atom is 0.154 e. The average Bonchev–Trinajstić information content (AvgIpc) is 2.22. The van der Waals surface area contributed by atoms with Crippen molar-refractivity contribution in [2.45, 2.75) is 13.8 Å². The summed E-state index contributed by atoms with van der Waals surface area (Å²) < 4.78 is 0. The Labute approximate surface area is 92.6 Å². The summed E-state index contributed by atoms with van der Waals surface area (Å²) in [6, 6.07) is 0. The lowest BCUT2D eigenvalue weighted by atomic mass is 10.0. The zero-order valence-corrected chi connectivity index (χ0v) is 9.17. The largest absolute Gasteiger partial charge is 0.506 e. The van der Waals surface area contributed by atoms with Gasteiger partial charge in [0.05, 0.1) is 16.1 Å². The molecule has 0 amide bonds. The van der Waals surface area contributed by atoms with E-state index in [1.54, 1.807) is 19.9 Å². The number of aldehydes is 1. The van der Waals surface area contributed by atoms with E-state index in [9.17, 15) is 15.0 Å². The van der Waals surface area contributed by atoms with Crippen LogP contribution >= 0.6 is 11.6 Å². The van der Waals surface area contributed by atoms with Gasteiger partial charge in [0.1, 0.15) is 11.5 Å². The van der Waals surface area contributed by atoms with Gasteiger partial charge in [0.15, 0.2) is 6.29 Å². The van der Waals surface area contributed by atoms with Gasteiger partial charge >= 0.3 is 0 Å². The number of benzene rings is 1. The zero-order chi connectivity index (χ0) is 11.6. The first kappa shape index (κ1) is 11.6. The zero-order valence-electron chi connectivity index (χ0n) is 8.41. The van der Waals surface area contributed by atoms with Crippen LogP contribution in [-0.2, 0) is 0 Å². The maximum absolute atomic E-state index is 10.7. The monoisotopic (exact) mass is 226 g/mol. The Balaban J connectivity index is 3.67. The fraction of sp³-hybridized carbons (Fsp3) is 0.182. The Kier molecular flexibility index (Phi) is 3.37. The number of carbonyl (C=O) groups excluding carboxylic acids is 1. The van der Waals surface area contributed by atoms with Crippen LogP contribution in [0.5, 0.6) is 11.5 Å². The summed E-state index contributed by atoms with van der Waals surface area (Å²) in [5, 5.41) is 19.4. The minimum absolute atomic E-state index is 0.0861. The van der Waals surface area contributed by atoms with Crippen molar-refractivity contribution < 1.29 is 15.0 Å². The van der Waals surface area contributed by atoms with Crippen molar-refractivity contribution in [2.24, 2.45) is 0 Å². The molecule has 15 heavy (non-hydrogen) atoms. The van der Waals surface area contributed by atoms with Gasteiger partial charge in [-0.25, -0.2) is 0 Å². The Morgan fingerprint density at radius 2 is 1.80 bits per heavy atom. The highest BCUT2D eigenvalue weighted by Gasteiger charge is 2.17. The summed E-state index contributed by atoms with van der Waals surface area (Å²) in [5.74, 6) is -0.460. The van der Waals surface area contributed by atoms with E-state index < -0.39 is 0 Å². The van der Waals surface area contributed by atoms with Crippen molar-refractivity contribution in [3.05, 3.63) is 27.8 Å². The number of hydrogen-bond acceptors (Lipinski definition) is 3. The van der Waals surface area contributed by atoms with Crippen LogP contribution in [0.3, 0.4) is 0 Å². The van der Waals surface area contributed by atoms with E-state index in [1.807, 2.05) is 0 Å². The molecule has 0 saturated carbocycles. The number of hydrogen-bond donors (Lipinski definition) is 2. The van der Waals surface area contributed by atoms with Gasteiger partial charge in [-0.05, 0) is 19.4 Å². The molecule has 0 aliphatic carbocycles. The van der Waals surface area contributed by atoms with Crippen molar-refractivity contribution >= 4 is 24.0 Å². The number of halogens is 1. The number of allylic oxidation sites excluding steroid dienone is 1. The Bertz CT molecular complexity index is 436. The molecule has 1 aromatic rings. The Morgan fingerprint density at radius 3 is 2.27 bits per heavy atom. The lowest BCUT2D eigenvalue weighted by Gasteiger charge is -2.10. The summed E-state index contributed by atoms with van der Waals surface area (Å²) in [6.07, 6.45) is 3.64. The summed E-state index contributed by atoms with van der Waals surface area (Å²) >= 11 is 5.82. The van der Waals surface area contributed by atoms with Gasteiger partial charge < -0.3 is 10.2 Å². The highest BCUT2D eigenvalue weighted by atomic mass is 35.5. The predicted octanol–water partition coefficient (Wildman–Crippen LogP) is 2.91. The molecule has 80 valence electrons. The molecule has 0 unspecified atom stereocenters. The lowest BCUT2D eigenvalue weighted by molar-refractivity contribution is 0.112. The van der Waals surface area contributed by atoms with Gasteiger partial charge in [-0.2, -0.15) is 0 Å². The van der Waals surface area contributed by atoms with E-state index in [4.69, 9.17) is 11.6 Å². The number of phenolic OH excluding ortho intramolecular Hbond substituents is 2. The molecule has 3 nitrogen and oxygen atoms in total. The molecule has 0 aromatic heterocycles. The van der Waals surface area contributed by atoms with Crippen LogP contribution in [0.25, 0.3) is 6.08 Å². The minimum atomic E-state index is -0.248. The quantitative estimate of drug-likeness (QED) is 0.763. The average molecular weight is 227 g/mol. The SMILES string of the molecule is C/C=C/c1c(O)c(Cl)c(C)c(C=O)c1O. The first-order chi connectivity index (χ1) is 7.04. The van der Waals surface area contributed by atoms with Crippen molar-refractivity contribution in [1.29, 1.82) is 0 Å². The van der Waals surface area contributed by atoms with Crippen molar-refractivity contribution in [3.63, 3.8) is 0 Å². The number of phenols is 2. The third-order valence-electron chi connectivity index (χ3n) is 2.16. The predicted molar refractivity (Wildman–Crippen MR) is 59.6 cm³/mol. The van der Waals surface area contributed by atoms with E-state index in [0.717, 1.165) is 0 Å². The normalized spacial score (nSPS) is 10.9. The van der Waals surface area contributed by atoms with Crippen LogP contribution in [0.2, 0.25) is 5.02 Å². The first-order valence-corrected chi connectivity index (χ1v) is 4.74. The lowest BCUT2D eigenvalue weighted by Crippen LogP contribution is -1.92. The van der Waals surface area contributed by atoms with E-state index in [0.29, 0.717) is 11.8 Å². The molecule has 1 aromatic carbocycles. The van der Waals surface area contributed by atoms with Crippen LogP contribution in [0.15, 0.2) is 6.08 Å². The van der Waals surface area contributed by atoms with Gasteiger partial charge in [-0.15, -0.1) is 0 Å². The van der Waals surface area contributed by atoms with Crippen molar-refractivity contribution in [2.75, 3.05) is 0 Å². The smallest absolute Gasteiger partial charge is 0.154 e. The molecule has 0 spiro atoms. The van der Waals surface area contributed by atoms with Crippen LogP contribution in [0.4, 0.5) is 0 Å². The second kappa shape index (κ2) is 4.36. The van der Waals surface area contributed by atoms with Crippen LogP contribution in [-0.4, -0.2) is 16.5 Å². The topological polar surface area (TPSA) is 57.5 Å². The van der Waals surface area contributed by atoms with E-state index in [-0.39, 0.29) is 27.6 Å². The standard InChI is InChI=1S/C11H11ClO3/c1-3-4-7-10(14)8(5-13)6(2)9(12)11(7)15/h3-5,14-15H,1-2H3/b4-3+. The molecule has 4 heteroatoms. The van der Waals surface area contributed by atoms with Gasteiger partial charge in [0, 0.05) is 0 Å². The highest BCUT2D eigenvalue weighted by Crippen LogP contribution is 2.40. The molecule has 2 N–H and O–H groups in total.